The Morgan fingerprint density at radius 3 is 1.53 bits per heavy atom. The second-order valence-electron chi connectivity index (χ2n) is 3.18. The van der Waals surface area contributed by atoms with E-state index >= 15 is 0 Å². The van der Waals surface area contributed by atoms with Gasteiger partial charge in [0.1, 0.15) is 0 Å². The van der Waals surface area contributed by atoms with Gasteiger partial charge in [-0.2, -0.15) is 0 Å². The Labute approximate surface area is 103 Å². The topological polar surface area (TPSA) is 95.5 Å². The number of hydrogen-bond acceptors (Lipinski definition) is 5. The van der Waals surface area contributed by atoms with Crippen LogP contribution >= 0.6 is 31.9 Å². The lowest BCUT2D eigenvalue weighted by Crippen LogP contribution is -2.55. The summed E-state index contributed by atoms with van der Waals surface area (Å²) in [6, 6.07) is 0. The van der Waals surface area contributed by atoms with Crippen LogP contribution in [0.1, 0.15) is 13.8 Å². The number of ether oxygens (including phenoxy) is 1. The van der Waals surface area contributed by atoms with E-state index in [0.717, 1.165) is 0 Å². The highest BCUT2D eigenvalue weighted by atomic mass is 79.9. The molecule has 0 aliphatic heterocycles. The molecule has 0 fully saturated rings. The molecular formula is C6H10Br2N2O5. The average Bonchev–Trinajstić information content (AvgIpc) is 2.03. The van der Waals surface area contributed by atoms with E-state index in [1.807, 2.05) is 0 Å². The summed E-state index contributed by atoms with van der Waals surface area (Å²) in [5.41, 5.74) is 0. The van der Waals surface area contributed by atoms with Crippen molar-refractivity contribution in [2.75, 3.05) is 7.11 Å². The summed E-state index contributed by atoms with van der Waals surface area (Å²) in [7, 11) is 1.18. The molecule has 0 heterocycles. The minimum Gasteiger partial charge on any atom is -0.366 e. The number of alkyl halides is 2. The first-order valence-corrected chi connectivity index (χ1v) is 5.36. The first-order valence-electron chi connectivity index (χ1n) is 3.78. The van der Waals surface area contributed by atoms with Gasteiger partial charge in [-0.15, -0.1) is 0 Å². The first kappa shape index (κ1) is 14.7. The van der Waals surface area contributed by atoms with Crippen molar-refractivity contribution in [1.29, 1.82) is 0 Å². The highest BCUT2D eigenvalue weighted by molar-refractivity contribution is 9.10. The number of nitrogens with zero attached hydrogens (tertiary/aromatic N) is 2. The average molecular weight is 350 g/mol. The third-order valence-electron chi connectivity index (χ3n) is 1.91. The molecular weight excluding hydrogens is 340 g/mol. The standard InChI is InChI=1S/C6H10Br2N2O5/c1-5(7,9(11)12)4(15-3)6(2,8)10(13)14/h4H,1-3H3. The third-order valence-corrected chi connectivity index (χ3v) is 3.32. The lowest BCUT2D eigenvalue weighted by atomic mass is 10.1. The second kappa shape index (κ2) is 4.71. The zero-order valence-corrected chi connectivity index (χ0v) is 11.4. The molecule has 0 bridgehead atoms. The second-order valence-corrected chi connectivity index (χ2v) is 6.39. The van der Waals surface area contributed by atoms with Gasteiger partial charge in [0.15, 0.2) is 0 Å². The van der Waals surface area contributed by atoms with Gasteiger partial charge < -0.3 is 4.74 Å². The molecule has 0 saturated carbocycles. The molecule has 0 N–H and O–H groups in total. The number of halogens is 2. The molecule has 2 atom stereocenters. The van der Waals surface area contributed by atoms with Gasteiger partial charge in [-0.25, -0.2) is 0 Å². The SMILES string of the molecule is COC(C(C)(Br)[N+](=O)[O-])C(C)(Br)[N+](=O)[O-]. The summed E-state index contributed by atoms with van der Waals surface area (Å²) in [6.07, 6.45) is -1.27. The van der Waals surface area contributed by atoms with Crippen LogP contribution in [0.4, 0.5) is 0 Å². The van der Waals surface area contributed by atoms with Crippen LogP contribution in [0.15, 0.2) is 0 Å². The van der Waals surface area contributed by atoms with Crippen molar-refractivity contribution in [3.63, 3.8) is 0 Å². The van der Waals surface area contributed by atoms with E-state index in [2.05, 4.69) is 31.9 Å². The molecule has 0 saturated heterocycles. The lowest BCUT2D eigenvalue weighted by molar-refractivity contribution is -0.589. The quantitative estimate of drug-likeness (QED) is 0.326. The summed E-state index contributed by atoms with van der Waals surface area (Å²) in [6.45, 7) is 2.40. The van der Waals surface area contributed by atoms with Crippen LogP contribution in [0.2, 0.25) is 0 Å². The van der Waals surface area contributed by atoms with E-state index < -0.39 is 24.8 Å². The first-order chi connectivity index (χ1) is 6.58. The fourth-order valence-electron chi connectivity index (χ4n) is 1.10. The van der Waals surface area contributed by atoms with Crippen LogP contribution in [0, 0.1) is 20.2 Å². The molecule has 0 radical (unpaired) electrons. The predicted molar refractivity (Wildman–Crippen MR) is 59.4 cm³/mol. The maximum absolute atomic E-state index is 10.7. The minimum absolute atomic E-state index is 0.676. The van der Waals surface area contributed by atoms with Gasteiger partial charge in [0, 0.05) is 62.7 Å². The minimum atomic E-state index is -1.74. The molecule has 2 unspecified atom stereocenters. The number of hydrogen-bond donors (Lipinski definition) is 0. The third kappa shape index (κ3) is 2.85. The van der Waals surface area contributed by atoms with Crippen molar-refractivity contribution >= 4 is 31.9 Å². The van der Waals surface area contributed by atoms with Crippen molar-refractivity contribution in [2.24, 2.45) is 0 Å². The van der Waals surface area contributed by atoms with Gasteiger partial charge in [-0.1, -0.05) is 0 Å². The zero-order chi connectivity index (χ0) is 12.4. The summed E-state index contributed by atoms with van der Waals surface area (Å²) >= 11 is 5.64. The molecule has 88 valence electrons. The van der Waals surface area contributed by atoms with Gasteiger partial charge in [0.2, 0.25) is 6.10 Å². The Hall–Kier alpha value is -0.280. The van der Waals surface area contributed by atoms with Crippen LogP contribution in [0.25, 0.3) is 0 Å². The van der Waals surface area contributed by atoms with E-state index in [1.54, 1.807) is 0 Å². The molecule has 0 aromatic carbocycles. The Morgan fingerprint density at radius 1 is 1.13 bits per heavy atom. The largest absolute Gasteiger partial charge is 0.366 e. The molecule has 7 nitrogen and oxygen atoms in total. The van der Waals surface area contributed by atoms with Crippen LogP contribution in [-0.4, -0.2) is 32.0 Å². The Kier molecular flexibility index (Phi) is 4.62. The molecule has 0 spiro atoms. The Balaban J connectivity index is 5.25. The zero-order valence-electron chi connectivity index (χ0n) is 8.27. The van der Waals surface area contributed by atoms with Gasteiger partial charge in [0.25, 0.3) is 0 Å². The summed E-state index contributed by atoms with van der Waals surface area (Å²) in [5.74, 6) is 0. The summed E-state index contributed by atoms with van der Waals surface area (Å²) in [4.78, 5) is 20.1. The number of rotatable bonds is 5. The molecule has 15 heavy (non-hydrogen) atoms. The van der Waals surface area contributed by atoms with Gasteiger partial charge in [-0.05, 0) is 0 Å². The van der Waals surface area contributed by atoms with E-state index in [-0.39, 0.29) is 0 Å². The van der Waals surface area contributed by atoms with E-state index in [1.165, 1.54) is 21.0 Å². The highest BCUT2D eigenvalue weighted by Gasteiger charge is 2.59. The fourth-order valence-corrected chi connectivity index (χ4v) is 2.68. The molecule has 0 amide bonds. The maximum Gasteiger partial charge on any atom is 0.305 e. The molecule has 0 aromatic rings. The number of methoxy groups -OCH3 is 1. The van der Waals surface area contributed by atoms with Crippen LogP contribution in [0.3, 0.4) is 0 Å². The number of nitro groups is 2. The van der Waals surface area contributed by atoms with Crippen molar-refractivity contribution in [3.8, 4) is 0 Å². The van der Waals surface area contributed by atoms with Gasteiger partial charge in [-0.3, -0.25) is 20.2 Å². The molecule has 0 aliphatic carbocycles. The predicted octanol–water partition coefficient (Wildman–Crippen LogP) is 1.78. The van der Waals surface area contributed by atoms with Crippen LogP contribution in [-0.2, 0) is 4.74 Å². The van der Waals surface area contributed by atoms with E-state index in [9.17, 15) is 20.2 Å². The van der Waals surface area contributed by atoms with Gasteiger partial charge >= 0.3 is 8.90 Å². The monoisotopic (exact) mass is 348 g/mol. The molecule has 0 aliphatic rings. The Bertz CT molecular complexity index is 255. The highest BCUT2D eigenvalue weighted by Crippen LogP contribution is 2.37. The molecule has 0 aromatic heterocycles. The van der Waals surface area contributed by atoms with E-state index in [4.69, 9.17) is 4.74 Å². The Morgan fingerprint density at radius 2 is 1.40 bits per heavy atom. The van der Waals surface area contributed by atoms with Crippen molar-refractivity contribution in [1.82, 2.24) is 0 Å². The molecule has 9 heteroatoms. The molecule has 0 rings (SSSR count). The maximum atomic E-state index is 10.7. The van der Waals surface area contributed by atoms with Gasteiger partial charge in [0.05, 0.1) is 0 Å². The fraction of sp³-hybridized carbons (Fsp3) is 1.00. The van der Waals surface area contributed by atoms with Crippen molar-refractivity contribution < 1.29 is 14.6 Å². The van der Waals surface area contributed by atoms with Crippen LogP contribution < -0.4 is 0 Å². The van der Waals surface area contributed by atoms with Crippen molar-refractivity contribution in [2.45, 2.75) is 28.8 Å². The van der Waals surface area contributed by atoms with E-state index in [0.29, 0.717) is 0 Å². The lowest BCUT2D eigenvalue weighted by Gasteiger charge is -2.29. The summed E-state index contributed by atoms with van der Waals surface area (Å²) in [5, 5.41) is 21.5. The van der Waals surface area contributed by atoms with Crippen molar-refractivity contribution in [3.05, 3.63) is 20.2 Å². The smallest absolute Gasteiger partial charge is 0.305 e. The normalized spacial score (nSPS) is 21.1. The summed E-state index contributed by atoms with van der Waals surface area (Å²) < 4.78 is 1.34. The van der Waals surface area contributed by atoms with Crippen LogP contribution in [0.5, 0.6) is 0 Å².